The average Bonchev–Trinajstić information content (AvgIpc) is 2.78. The molecule has 2 fully saturated rings. The summed E-state index contributed by atoms with van der Waals surface area (Å²) in [6, 6.07) is 0. The molecule has 6 unspecified atom stereocenters. The Bertz CT molecular complexity index is 613. The van der Waals surface area contributed by atoms with E-state index in [1.165, 1.54) is 0 Å². The lowest BCUT2D eigenvalue weighted by molar-refractivity contribution is -0.159. The van der Waals surface area contributed by atoms with Gasteiger partial charge in [0.15, 0.2) is 0 Å². The largest absolute Gasteiger partial charge is 0.459 e. The lowest BCUT2D eigenvalue weighted by Gasteiger charge is -2.42. The second-order valence-corrected chi connectivity index (χ2v) is 10.3. The molecule has 0 aromatic carbocycles. The molecule has 0 aromatic rings. The smallest absolute Gasteiger partial charge is 0.333 e. The summed E-state index contributed by atoms with van der Waals surface area (Å²) in [5, 5.41) is 0. The van der Waals surface area contributed by atoms with Crippen LogP contribution in [0.3, 0.4) is 0 Å². The first kappa shape index (κ1) is 27.6. The van der Waals surface area contributed by atoms with Crippen molar-refractivity contribution in [3.05, 3.63) is 24.3 Å². The van der Waals surface area contributed by atoms with Crippen LogP contribution >= 0.6 is 0 Å². The van der Waals surface area contributed by atoms with E-state index in [0.717, 1.165) is 77.0 Å². The second-order valence-electron chi connectivity index (χ2n) is 10.3. The number of carbonyl (C=O) groups excluding carboxylic acids is 2. The molecule has 2 rings (SSSR count). The van der Waals surface area contributed by atoms with Gasteiger partial charge in [0.2, 0.25) is 0 Å². The molecule has 0 amide bonds. The van der Waals surface area contributed by atoms with E-state index >= 15 is 0 Å². The van der Waals surface area contributed by atoms with Crippen molar-refractivity contribution in [2.75, 3.05) is 0 Å². The van der Waals surface area contributed by atoms with Gasteiger partial charge in [-0.1, -0.05) is 52.7 Å². The molecule has 33 heavy (non-hydrogen) atoms. The number of hydrogen-bond donors (Lipinski definition) is 0. The average molecular weight is 463 g/mol. The van der Waals surface area contributed by atoms with Crippen molar-refractivity contribution in [3.8, 4) is 0 Å². The Labute approximate surface area is 201 Å². The summed E-state index contributed by atoms with van der Waals surface area (Å²) in [7, 11) is 0. The third-order valence-electron chi connectivity index (χ3n) is 7.18. The van der Waals surface area contributed by atoms with Gasteiger partial charge in [0.05, 0.1) is 12.2 Å². The zero-order chi connectivity index (χ0) is 24.4. The van der Waals surface area contributed by atoms with Gasteiger partial charge in [0.1, 0.15) is 12.2 Å². The molecule has 0 heterocycles. The predicted molar refractivity (Wildman–Crippen MR) is 132 cm³/mol. The van der Waals surface area contributed by atoms with Gasteiger partial charge in [-0.05, 0) is 77.0 Å². The Kier molecular flexibility index (Phi) is 11.7. The molecule has 0 saturated heterocycles. The lowest BCUT2D eigenvalue weighted by Crippen LogP contribution is -2.42. The van der Waals surface area contributed by atoms with Crippen molar-refractivity contribution < 1.29 is 23.8 Å². The molecule has 0 N–H and O–H groups in total. The van der Waals surface area contributed by atoms with E-state index in [1.54, 1.807) is 13.8 Å². The molecule has 2 aliphatic carbocycles. The van der Waals surface area contributed by atoms with Crippen LogP contribution in [0.5, 0.6) is 0 Å². The SMILES string of the molecule is C=C(C)C(=O)OC1CCC(OC2CCC(OC(=O)C(=C)C)CC2CCCC)C(CCCC)C1. The van der Waals surface area contributed by atoms with Gasteiger partial charge < -0.3 is 14.2 Å². The third kappa shape index (κ3) is 8.92. The number of carbonyl (C=O) groups is 2. The summed E-state index contributed by atoms with van der Waals surface area (Å²) in [6.07, 6.45) is 12.5. The van der Waals surface area contributed by atoms with Crippen LogP contribution in [0, 0.1) is 11.8 Å². The number of rotatable bonds is 12. The summed E-state index contributed by atoms with van der Waals surface area (Å²) < 4.78 is 18.2. The first-order chi connectivity index (χ1) is 15.7. The van der Waals surface area contributed by atoms with Crippen molar-refractivity contribution in [2.24, 2.45) is 11.8 Å². The molecule has 188 valence electrons. The van der Waals surface area contributed by atoms with E-state index in [2.05, 4.69) is 27.0 Å². The monoisotopic (exact) mass is 462 g/mol. The maximum absolute atomic E-state index is 12.0. The van der Waals surface area contributed by atoms with Crippen LogP contribution in [-0.4, -0.2) is 36.4 Å². The van der Waals surface area contributed by atoms with E-state index in [9.17, 15) is 9.59 Å². The summed E-state index contributed by atoms with van der Waals surface area (Å²) in [5.41, 5.74) is 0.919. The summed E-state index contributed by atoms with van der Waals surface area (Å²) in [5.74, 6) is 0.256. The van der Waals surface area contributed by atoms with Gasteiger partial charge in [-0.25, -0.2) is 9.59 Å². The molecule has 0 aromatic heterocycles. The van der Waals surface area contributed by atoms with E-state index < -0.39 is 0 Å². The van der Waals surface area contributed by atoms with Gasteiger partial charge in [0.25, 0.3) is 0 Å². The van der Waals surface area contributed by atoms with Gasteiger partial charge >= 0.3 is 11.9 Å². The Balaban J connectivity index is 2.01. The zero-order valence-electron chi connectivity index (χ0n) is 21.4. The van der Waals surface area contributed by atoms with E-state index in [1.807, 2.05) is 0 Å². The molecule has 0 radical (unpaired) electrons. The predicted octanol–water partition coefficient (Wildman–Crippen LogP) is 6.70. The Morgan fingerprint density at radius 1 is 0.727 bits per heavy atom. The van der Waals surface area contributed by atoms with Crippen LogP contribution in [0.2, 0.25) is 0 Å². The fraction of sp³-hybridized carbons (Fsp3) is 0.786. The van der Waals surface area contributed by atoms with E-state index in [0.29, 0.717) is 23.0 Å². The van der Waals surface area contributed by atoms with Crippen molar-refractivity contribution in [2.45, 2.75) is 129 Å². The Hall–Kier alpha value is -1.62. The molecular weight excluding hydrogens is 416 g/mol. The zero-order valence-corrected chi connectivity index (χ0v) is 21.4. The Morgan fingerprint density at radius 3 is 1.45 bits per heavy atom. The van der Waals surface area contributed by atoms with Crippen molar-refractivity contribution in [1.82, 2.24) is 0 Å². The highest BCUT2D eigenvalue weighted by molar-refractivity contribution is 5.87. The van der Waals surface area contributed by atoms with Gasteiger partial charge in [-0.15, -0.1) is 0 Å². The van der Waals surface area contributed by atoms with Crippen LogP contribution in [0.1, 0.15) is 105 Å². The van der Waals surface area contributed by atoms with Crippen molar-refractivity contribution in [3.63, 3.8) is 0 Å². The molecule has 2 saturated carbocycles. The minimum Gasteiger partial charge on any atom is -0.459 e. The number of unbranched alkanes of at least 4 members (excludes halogenated alkanes) is 2. The molecule has 2 aliphatic rings. The highest BCUT2D eigenvalue weighted by Gasteiger charge is 2.38. The van der Waals surface area contributed by atoms with Crippen LogP contribution in [0.4, 0.5) is 0 Å². The summed E-state index contributed by atoms with van der Waals surface area (Å²) in [6.45, 7) is 15.3. The highest BCUT2D eigenvalue weighted by Crippen LogP contribution is 2.38. The third-order valence-corrected chi connectivity index (χ3v) is 7.18. The van der Waals surface area contributed by atoms with E-state index in [4.69, 9.17) is 14.2 Å². The minimum absolute atomic E-state index is 0.0379. The minimum atomic E-state index is -0.282. The van der Waals surface area contributed by atoms with Crippen LogP contribution < -0.4 is 0 Å². The van der Waals surface area contributed by atoms with Crippen molar-refractivity contribution >= 4 is 11.9 Å². The molecule has 5 heteroatoms. The second kappa shape index (κ2) is 13.9. The van der Waals surface area contributed by atoms with Crippen LogP contribution in [0.25, 0.3) is 0 Å². The lowest BCUT2D eigenvalue weighted by atomic mass is 9.79. The molecular formula is C28H46O5. The Morgan fingerprint density at radius 2 is 1.12 bits per heavy atom. The standard InChI is InChI=1S/C28H46O5/c1-7-9-11-21-17-23(31-27(29)19(3)4)13-15-25(21)33-26-16-14-24(32-28(30)20(5)6)18-22(26)12-10-8-2/h21-26H,3,5,7-18H2,1-2,4,6H3. The quantitative estimate of drug-likeness (QED) is 0.239. The maximum atomic E-state index is 12.0. The van der Waals surface area contributed by atoms with Gasteiger partial charge in [-0.3, -0.25) is 0 Å². The first-order valence-corrected chi connectivity index (χ1v) is 13.1. The number of ether oxygens (including phenoxy) is 3. The topological polar surface area (TPSA) is 61.8 Å². The number of esters is 2. The van der Waals surface area contributed by atoms with Crippen LogP contribution in [0.15, 0.2) is 24.3 Å². The van der Waals surface area contributed by atoms with Gasteiger partial charge in [-0.2, -0.15) is 0 Å². The first-order valence-electron chi connectivity index (χ1n) is 13.1. The maximum Gasteiger partial charge on any atom is 0.333 e. The van der Waals surface area contributed by atoms with Crippen LogP contribution in [-0.2, 0) is 23.8 Å². The number of hydrogen-bond acceptors (Lipinski definition) is 5. The molecule has 6 atom stereocenters. The highest BCUT2D eigenvalue weighted by atomic mass is 16.5. The molecule has 0 bridgehead atoms. The normalized spacial score (nSPS) is 29.8. The molecule has 5 nitrogen and oxygen atoms in total. The fourth-order valence-corrected chi connectivity index (χ4v) is 5.23. The molecule has 0 aliphatic heterocycles. The summed E-state index contributed by atoms with van der Waals surface area (Å²) >= 11 is 0. The van der Waals surface area contributed by atoms with E-state index in [-0.39, 0.29) is 36.4 Å². The fourth-order valence-electron chi connectivity index (χ4n) is 5.23. The summed E-state index contributed by atoms with van der Waals surface area (Å²) in [4.78, 5) is 24.1. The van der Waals surface area contributed by atoms with Gasteiger partial charge in [0, 0.05) is 11.1 Å². The van der Waals surface area contributed by atoms with Crippen molar-refractivity contribution in [1.29, 1.82) is 0 Å². The molecule has 0 spiro atoms.